The highest BCUT2D eigenvalue weighted by atomic mass is 32.1. The Balaban J connectivity index is 1.57. The number of aliphatic imine (C=N–C) groups is 1. The van der Waals surface area contributed by atoms with Crippen molar-refractivity contribution >= 4 is 22.3 Å². The Morgan fingerprint density at radius 1 is 1.15 bits per heavy atom. The molecule has 0 saturated carbocycles. The second kappa shape index (κ2) is 8.80. The van der Waals surface area contributed by atoms with Gasteiger partial charge in [-0.1, -0.05) is 0 Å². The van der Waals surface area contributed by atoms with Crippen LogP contribution >= 0.6 is 11.3 Å². The molecule has 1 aliphatic rings. The van der Waals surface area contributed by atoms with E-state index < -0.39 is 0 Å². The minimum atomic E-state index is 0.658. The number of guanidine groups is 1. The minimum absolute atomic E-state index is 0.658. The molecule has 140 valence electrons. The summed E-state index contributed by atoms with van der Waals surface area (Å²) in [5, 5.41) is 6.93. The lowest BCUT2D eigenvalue weighted by Gasteiger charge is -2.37. The average Bonchev–Trinajstić information content (AvgIpc) is 3.23. The van der Waals surface area contributed by atoms with E-state index >= 15 is 0 Å². The minimum Gasteiger partial charge on any atom is -0.497 e. The molecule has 0 atom stereocenters. The molecular weight excluding hydrogens is 348 g/mol. The lowest BCUT2D eigenvalue weighted by atomic mass is 10.2. The Hall–Kier alpha value is -2.41. The third-order valence-electron chi connectivity index (χ3n) is 4.54. The van der Waals surface area contributed by atoms with Crippen LogP contribution in [0.3, 0.4) is 0 Å². The highest BCUT2D eigenvalue weighted by Crippen LogP contribution is 2.25. The van der Waals surface area contributed by atoms with Gasteiger partial charge in [-0.05, 0) is 29.6 Å². The Labute approximate surface area is 159 Å². The van der Waals surface area contributed by atoms with E-state index in [1.165, 1.54) is 5.00 Å². The predicted octanol–water partition coefficient (Wildman–Crippen LogP) is 2.66. The van der Waals surface area contributed by atoms with E-state index in [2.05, 4.69) is 37.6 Å². The fourth-order valence-electron chi connectivity index (χ4n) is 3.09. The van der Waals surface area contributed by atoms with Crippen LogP contribution in [0, 0.1) is 0 Å². The Kier molecular flexibility index (Phi) is 6.22. The van der Waals surface area contributed by atoms with Crippen LogP contribution in [0.2, 0.25) is 0 Å². The van der Waals surface area contributed by atoms with Gasteiger partial charge < -0.3 is 24.6 Å². The molecule has 0 amide bonds. The third-order valence-corrected chi connectivity index (χ3v) is 5.47. The van der Waals surface area contributed by atoms with Crippen molar-refractivity contribution < 1.29 is 9.47 Å². The maximum Gasteiger partial charge on any atom is 0.194 e. The molecule has 0 spiro atoms. The summed E-state index contributed by atoms with van der Waals surface area (Å²) < 4.78 is 10.7. The van der Waals surface area contributed by atoms with Gasteiger partial charge in [0.2, 0.25) is 0 Å². The van der Waals surface area contributed by atoms with Gasteiger partial charge in [0.15, 0.2) is 5.96 Å². The summed E-state index contributed by atoms with van der Waals surface area (Å²) in [6.07, 6.45) is 0. The first-order chi connectivity index (χ1) is 12.7. The first kappa shape index (κ1) is 18.4. The fraction of sp³-hybridized carbons (Fsp3) is 0.421. The van der Waals surface area contributed by atoms with Crippen molar-refractivity contribution in [3.63, 3.8) is 0 Å². The molecule has 26 heavy (non-hydrogen) atoms. The number of methoxy groups -OCH3 is 2. The molecule has 3 rings (SSSR count). The predicted molar refractivity (Wildman–Crippen MR) is 108 cm³/mol. The molecule has 0 aliphatic carbocycles. The number of benzene rings is 1. The van der Waals surface area contributed by atoms with Crippen LogP contribution in [0.5, 0.6) is 11.5 Å². The number of hydrogen-bond acceptors (Lipinski definition) is 5. The average molecular weight is 375 g/mol. The van der Waals surface area contributed by atoms with E-state index in [0.717, 1.165) is 49.2 Å². The van der Waals surface area contributed by atoms with Crippen LogP contribution in [0.1, 0.15) is 5.56 Å². The number of nitrogens with one attached hydrogen (secondary N) is 1. The number of rotatable bonds is 5. The summed E-state index contributed by atoms with van der Waals surface area (Å²) in [7, 11) is 5.17. The van der Waals surface area contributed by atoms with E-state index in [-0.39, 0.29) is 0 Å². The van der Waals surface area contributed by atoms with Crippen molar-refractivity contribution in [3.8, 4) is 11.5 Å². The Morgan fingerprint density at radius 3 is 2.58 bits per heavy atom. The van der Waals surface area contributed by atoms with Crippen LogP contribution in [0.15, 0.2) is 40.7 Å². The lowest BCUT2D eigenvalue weighted by molar-refractivity contribution is 0.371. The zero-order chi connectivity index (χ0) is 18.4. The van der Waals surface area contributed by atoms with Crippen LogP contribution in [-0.2, 0) is 6.54 Å². The Morgan fingerprint density at radius 2 is 1.96 bits per heavy atom. The topological polar surface area (TPSA) is 49.3 Å². The number of ether oxygens (including phenoxy) is 2. The van der Waals surface area contributed by atoms with E-state index in [1.807, 2.05) is 25.2 Å². The molecule has 2 aromatic rings. The van der Waals surface area contributed by atoms with E-state index in [0.29, 0.717) is 6.54 Å². The lowest BCUT2D eigenvalue weighted by Crippen LogP contribution is -2.52. The summed E-state index contributed by atoms with van der Waals surface area (Å²) in [4.78, 5) is 9.19. The molecule has 1 aromatic heterocycles. The smallest absolute Gasteiger partial charge is 0.194 e. The molecule has 0 bridgehead atoms. The summed E-state index contributed by atoms with van der Waals surface area (Å²) in [5.74, 6) is 2.53. The van der Waals surface area contributed by atoms with Gasteiger partial charge >= 0.3 is 0 Å². The number of thiophene rings is 1. The van der Waals surface area contributed by atoms with Gasteiger partial charge in [-0.3, -0.25) is 4.99 Å². The summed E-state index contributed by atoms with van der Waals surface area (Å²) in [5.41, 5.74) is 1.08. The standard InChI is InChI=1S/C19H26N4O2S/c1-20-19(21-14-15-6-7-16(24-2)13-17(15)25-3)23-10-8-22(9-11-23)18-5-4-12-26-18/h4-7,12-13H,8-11,14H2,1-3H3,(H,20,21). The molecule has 1 N–H and O–H groups in total. The molecule has 1 aromatic carbocycles. The van der Waals surface area contributed by atoms with Gasteiger partial charge in [0.05, 0.1) is 19.2 Å². The molecule has 6 nitrogen and oxygen atoms in total. The zero-order valence-corrected chi connectivity index (χ0v) is 16.4. The van der Waals surface area contributed by atoms with Crippen molar-refractivity contribution in [3.05, 3.63) is 41.3 Å². The molecule has 2 heterocycles. The summed E-state index contributed by atoms with van der Waals surface area (Å²) >= 11 is 1.80. The highest BCUT2D eigenvalue weighted by Gasteiger charge is 2.20. The van der Waals surface area contributed by atoms with Gasteiger partial charge in [0.1, 0.15) is 11.5 Å². The second-order valence-corrected chi connectivity index (χ2v) is 6.93. The van der Waals surface area contributed by atoms with Gasteiger partial charge in [0.25, 0.3) is 0 Å². The van der Waals surface area contributed by atoms with Crippen molar-refractivity contribution in [1.82, 2.24) is 10.2 Å². The van der Waals surface area contributed by atoms with E-state index in [9.17, 15) is 0 Å². The van der Waals surface area contributed by atoms with E-state index in [4.69, 9.17) is 9.47 Å². The van der Waals surface area contributed by atoms with Crippen LogP contribution in [0.25, 0.3) is 0 Å². The SMILES string of the molecule is CN=C(NCc1ccc(OC)cc1OC)N1CCN(c2cccs2)CC1. The molecule has 1 aliphatic heterocycles. The van der Waals surface area contributed by atoms with Crippen molar-refractivity contribution in [1.29, 1.82) is 0 Å². The molecule has 0 radical (unpaired) electrons. The third kappa shape index (κ3) is 4.22. The van der Waals surface area contributed by atoms with Gasteiger partial charge in [-0.2, -0.15) is 0 Å². The number of nitrogens with zero attached hydrogens (tertiary/aromatic N) is 3. The first-order valence-electron chi connectivity index (χ1n) is 8.70. The highest BCUT2D eigenvalue weighted by molar-refractivity contribution is 7.14. The van der Waals surface area contributed by atoms with E-state index in [1.54, 1.807) is 25.6 Å². The second-order valence-electron chi connectivity index (χ2n) is 6.00. The van der Waals surface area contributed by atoms with Crippen LogP contribution < -0.4 is 19.7 Å². The number of piperazine rings is 1. The van der Waals surface area contributed by atoms with Gasteiger partial charge in [-0.25, -0.2) is 0 Å². The zero-order valence-electron chi connectivity index (χ0n) is 15.6. The largest absolute Gasteiger partial charge is 0.497 e. The number of anilines is 1. The molecule has 1 saturated heterocycles. The Bertz CT molecular complexity index is 725. The van der Waals surface area contributed by atoms with Crippen LogP contribution in [-0.4, -0.2) is 58.3 Å². The monoisotopic (exact) mass is 374 g/mol. The quantitative estimate of drug-likeness (QED) is 0.644. The van der Waals surface area contributed by atoms with Crippen molar-refractivity contribution in [2.75, 3.05) is 52.3 Å². The van der Waals surface area contributed by atoms with Gasteiger partial charge in [0, 0.05) is 51.4 Å². The number of hydrogen-bond donors (Lipinski definition) is 1. The maximum atomic E-state index is 5.48. The molecule has 1 fully saturated rings. The van der Waals surface area contributed by atoms with Crippen molar-refractivity contribution in [2.24, 2.45) is 4.99 Å². The fourth-order valence-corrected chi connectivity index (χ4v) is 3.88. The summed E-state index contributed by atoms with van der Waals surface area (Å²) in [6, 6.07) is 10.2. The van der Waals surface area contributed by atoms with Gasteiger partial charge in [-0.15, -0.1) is 11.3 Å². The normalized spacial score (nSPS) is 15.1. The maximum absolute atomic E-state index is 5.48. The molecular formula is C19H26N4O2S. The molecule has 0 unspecified atom stereocenters. The summed E-state index contributed by atoms with van der Waals surface area (Å²) in [6.45, 7) is 4.58. The first-order valence-corrected chi connectivity index (χ1v) is 9.58. The van der Waals surface area contributed by atoms with Crippen molar-refractivity contribution in [2.45, 2.75) is 6.54 Å². The van der Waals surface area contributed by atoms with Crippen LogP contribution in [0.4, 0.5) is 5.00 Å². The molecule has 7 heteroatoms.